The molecule has 1 rings (SSSR count). The van der Waals surface area contributed by atoms with Gasteiger partial charge in [0.1, 0.15) is 5.83 Å². The number of nitrogens with zero attached hydrogens (tertiary/aromatic N) is 1. The van der Waals surface area contributed by atoms with Crippen molar-refractivity contribution in [3.63, 3.8) is 0 Å². The number of halogens is 3. The first kappa shape index (κ1) is 12.9. The highest BCUT2D eigenvalue weighted by molar-refractivity contribution is 14.1. The molecular formula is C9H10ClFINO2. The van der Waals surface area contributed by atoms with Gasteiger partial charge in [0.05, 0.1) is 35.0 Å². The lowest BCUT2D eigenvalue weighted by Gasteiger charge is -2.20. The van der Waals surface area contributed by atoms with E-state index in [1.54, 1.807) is 29.8 Å². The average Bonchev–Trinajstić information content (AvgIpc) is 2.21. The molecule has 0 spiro atoms. The van der Waals surface area contributed by atoms with Gasteiger partial charge in [0.15, 0.2) is 0 Å². The first-order valence-electron chi connectivity index (χ1n) is 4.27. The van der Waals surface area contributed by atoms with Gasteiger partial charge in [-0.15, -0.1) is 0 Å². The van der Waals surface area contributed by atoms with E-state index in [1.165, 1.54) is 13.2 Å². The molecule has 0 saturated heterocycles. The van der Waals surface area contributed by atoms with Crippen LogP contribution in [0.1, 0.15) is 13.3 Å². The Bertz CT molecular complexity index is 343. The molecule has 0 aromatic rings. The summed E-state index contributed by atoms with van der Waals surface area (Å²) in [6.45, 7) is 1.70. The minimum Gasteiger partial charge on any atom is -0.266 e. The highest BCUT2D eigenvalue weighted by Crippen LogP contribution is 2.33. The highest BCUT2D eigenvalue weighted by atomic mass is 127. The summed E-state index contributed by atoms with van der Waals surface area (Å²) in [5.41, 5.74) is 0.377. The van der Waals surface area contributed by atoms with Gasteiger partial charge in [-0.25, -0.2) is 4.39 Å². The van der Waals surface area contributed by atoms with E-state index in [0.29, 0.717) is 12.0 Å². The van der Waals surface area contributed by atoms with Gasteiger partial charge in [0, 0.05) is 11.5 Å². The molecule has 84 valence electrons. The van der Waals surface area contributed by atoms with Gasteiger partial charge in [0.2, 0.25) is 0 Å². The third-order valence-electron chi connectivity index (χ3n) is 2.11. The van der Waals surface area contributed by atoms with Crippen LogP contribution >= 0.6 is 34.5 Å². The van der Waals surface area contributed by atoms with Crippen LogP contribution in [0.25, 0.3) is 0 Å². The number of hydroxylamine groups is 1. The summed E-state index contributed by atoms with van der Waals surface area (Å²) in [5.74, 6) is -0.958. The fourth-order valence-electron chi connectivity index (χ4n) is 1.23. The summed E-state index contributed by atoms with van der Waals surface area (Å²) < 4.78 is 14.2. The fraction of sp³-hybridized carbons (Fsp3) is 0.444. The summed E-state index contributed by atoms with van der Waals surface area (Å²) in [6, 6.07) is 0. The molecule has 1 aliphatic carbocycles. The van der Waals surface area contributed by atoms with Crippen LogP contribution in [0.3, 0.4) is 0 Å². The van der Waals surface area contributed by atoms with Gasteiger partial charge >= 0.3 is 0 Å². The van der Waals surface area contributed by atoms with Crippen molar-refractivity contribution in [3.8, 4) is 0 Å². The van der Waals surface area contributed by atoms with Gasteiger partial charge in [-0.2, -0.15) is 3.28 Å². The zero-order chi connectivity index (χ0) is 11.6. The number of carbonyl (C=O) groups excluding carboxylic acids is 1. The maximum Gasteiger partial charge on any atom is 0.284 e. The molecule has 15 heavy (non-hydrogen) atoms. The van der Waals surface area contributed by atoms with Crippen LogP contribution in [0.15, 0.2) is 22.5 Å². The number of carbonyl (C=O) groups is 1. The second-order valence-corrected chi connectivity index (χ2v) is 4.48. The number of allylic oxidation sites excluding steroid dienone is 3. The van der Waals surface area contributed by atoms with Gasteiger partial charge in [-0.05, 0) is 12.5 Å². The molecule has 1 atom stereocenters. The summed E-state index contributed by atoms with van der Waals surface area (Å²) in [7, 11) is 1.38. The van der Waals surface area contributed by atoms with Crippen LogP contribution < -0.4 is 0 Å². The zero-order valence-corrected chi connectivity index (χ0v) is 11.2. The molecule has 3 nitrogen and oxygen atoms in total. The van der Waals surface area contributed by atoms with E-state index in [0.717, 1.165) is 3.28 Å². The molecule has 0 heterocycles. The first-order valence-corrected chi connectivity index (χ1v) is 5.61. The summed E-state index contributed by atoms with van der Waals surface area (Å²) >= 11 is 7.51. The lowest BCUT2D eigenvalue weighted by molar-refractivity contribution is -0.141. The molecule has 0 aromatic heterocycles. The molecule has 1 amide bonds. The van der Waals surface area contributed by atoms with Crippen molar-refractivity contribution >= 4 is 40.4 Å². The maximum atomic E-state index is 13.1. The predicted octanol–water partition coefficient (Wildman–Crippen LogP) is 3.11. The molecule has 1 unspecified atom stereocenters. The van der Waals surface area contributed by atoms with E-state index in [4.69, 9.17) is 16.4 Å². The molecule has 0 aliphatic heterocycles. The van der Waals surface area contributed by atoms with E-state index < -0.39 is 0 Å². The van der Waals surface area contributed by atoms with E-state index in [1.807, 2.05) is 0 Å². The van der Waals surface area contributed by atoms with Crippen LogP contribution in [0.2, 0.25) is 0 Å². The minimum absolute atomic E-state index is 0.148. The molecule has 0 N–H and O–H groups in total. The third-order valence-corrected chi connectivity index (χ3v) is 3.28. The minimum atomic E-state index is -0.348. The predicted molar refractivity (Wildman–Crippen MR) is 63.7 cm³/mol. The summed E-state index contributed by atoms with van der Waals surface area (Å²) in [5, 5.41) is 0.148. The van der Waals surface area contributed by atoms with Crippen LogP contribution in [-0.2, 0) is 9.63 Å². The fourth-order valence-corrected chi connectivity index (χ4v) is 1.78. The Morgan fingerprint density at radius 1 is 1.80 bits per heavy atom. The molecular weight excluding hydrogens is 335 g/mol. The summed E-state index contributed by atoms with van der Waals surface area (Å²) in [6.07, 6.45) is 1.48. The van der Waals surface area contributed by atoms with Gasteiger partial charge in [0.25, 0.3) is 5.91 Å². The number of hydrogen-bond acceptors (Lipinski definition) is 2. The molecule has 0 bridgehead atoms. The number of hydrogen-bond donors (Lipinski definition) is 0. The SMILES string of the molecule is CON(I)C(=O)C1=C(Cl)C=C(F)C(C)C1. The van der Waals surface area contributed by atoms with E-state index in [-0.39, 0.29) is 22.7 Å². The van der Waals surface area contributed by atoms with Crippen molar-refractivity contribution in [3.05, 3.63) is 22.5 Å². The van der Waals surface area contributed by atoms with Gasteiger partial charge in [-0.3, -0.25) is 9.63 Å². The normalized spacial score (nSPS) is 21.4. The Kier molecular flexibility index (Phi) is 4.54. The summed E-state index contributed by atoms with van der Waals surface area (Å²) in [4.78, 5) is 16.4. The molecule has 1 aliphatic rings. The largest absolute Gasteiger partial charge is 0.284 e. The Labute approximate surface area is 106 Å². The zero-order valence-electron chi connectivity index (χ0n) is 8.26. The smallest absolute Gasteiger partial charge is 0.266 e. The van der Waals surface area contributed by atoms with Crippen molar-refractivity contribution in [2.75, 3.05) is 7.11 Å². The van der Waals surface area contributed by atoms with E-state index >= 15 is 0 Å². The molecule has 0 saturated carbocycles. The topological polar surface area (TPSA) is 29.5 Å². The average molecular weight is 346 g/mol. The van der Waals surface area contributed by atoms with Crippen molar-refractivity contribution in [1.29, 1.82) is 0 Å². The van der Waals surface area contributed by atoms with Crippen molar-refractivity contribution in [1.82, 2.24) is 3.28 Å². The van der Waals surface area contributed by atoms with Gasteiger partial charge < -0.3 is 0 Å². The highest BCUT2D eigenvalue weighted by Gasteiger charge is 2.26. The number of rotatable bonds is 2. The van der Waals surface area contributed by atoms with Crippen LogP contribution in [0.4, 0.5) is 4.39 Å². The lowest BCUT2D eigenvalue weighted by atomic mass is 9.94. The second kappa shape index (κ2) is 5.27. The monoisotopic (exact) mass is 345 g/mol. The number of amides is 1. The second-order valence-electron chi connectivity index (χ2n) is 3.19. The van der Waals surface area contributed by atoms with Crippen LogP contribution in [0, 0.1) is 5.92 Å². The van der Waals surface area contributed by atoms with Crippen molar-refractivity contribution in [2.24, 2.45) is 5.92 Å². The Morgan fingerprint density at radius 2 is 2.40 bits per heavy atom. The molecule has 6 heteroatoms. The third kappa shape index (κ3) is 2.92. The first-order chi connectivity index (χ1) is 6.97. The Hall–Kier alpha value is -0.140. The molecule has 0 aromatic carbocycles. The van der Waals surface area contributed by atoms with Crippen molar-refractivity contribution in [2.45, 2.75) is 13.3 Å². The van der Waals surface area contributed by atoms with Crippen molar-refractivity contribution < 1.29 is 14.0 Å². The van der Waals surface area contributed by atoms with Crippen LogP contribution in [-0.4, -0.2) is 16.3 Å². The molecule has 0 fully saturated rings. The van der Waals surface area contributed by atoms with E-state index in [2.05, 4.69) is 0 Å². The Balaban J connectivity index is 2.95. The Morgan fingerprint density at radius 3 is 2.93 bits per heavy atom. The standard InChI is InChI=1S/C9H10ClFINO2/c1-5-3-6(7(10)4-8(5)11)9(14)13(12)15-2/h4-5H,3H2,1-2H3. The van der Waals surface area contributed by atoms with Gasteiger partial charge in [-0.1, -0.05) is 18.5 Å². The van der Waals surface area contributed by atoms with E-state index in [9.17, 15) is 9.18 Å². The maximum absolute atomic E-state index is 13.1. The van der Waals surface area contributed by atoms with Crippen LogP contribution in [0.5, 0.6) is 0 Å². The lowest BCUT2D eigenvalue weighted by Crippen LogP contribution is -2.24. The quantitative estimate of drug-likeness (QED) is 0.437. The molecule has 0 radical (unpaired) electrons.